The molecule has 0 radical (unpaired) electrons. The molecule has 158 valence electrons. The number of nitrogens with zero attached hydrogens (tertiary/aromatic N) is 2. The first-order valence-corrected chi connectivity index (χ1v) is 11.6. The van der Waals surface area contributed by atoms with Crippen LogP contribution in [0.25, 0.3) is 21.5 Å². The van der Waals surface area contributed by atoms with Gasteiger partial charge >= 0.3 is 0 Å². The SMILES string of the molecule is N=[S-](=O)c1ccc(CNC(=O)c2cc3c(-c4ccc(Cl)cc4Cl)nc(N)nc3s2)cc1. The highest BCUT2D eigenvalue weighted by molar-refractivity contribution is 7.73. The van der Waals surface area contributed by atoms with Gasteiger partial charge in [0.05, 0.1) is 15.6 Å². The Labute approximate surface area is 193 Å². The third kappa shape index (κ3) is 4.64. The van der Waals surface area contributed by atoms with Gasteiger partial charge in [0.1, 0.15) is 4.83 Å². The van der Waals surface area contributed by atoms with Gasteiger partial charge in [-0.15, -0.1) is 16.2 Å². The van der Waals surface area contributed by atoms with Crippen molar-refractivity contribution in [1.82, 2.24) is 15.3 Å². The number of nitrogens with two attached hydrogens (primary N) is 1. The lowest BCUT2D eigenvalue weighted by molar-refractivity contribution is 0.0955. The summed E-state index contributed by atoms with van der Waals surface area (Å²) in [5, 5.41) is 4.42. The van der Waals surface area contributed by atoms with E-state index < -0.39 is 10.6 Å². The van der Waals surface area contributed by atoms with Crippen LogP contribution >= 0.6 is 34.5 Å². The van der Waals surface area contributed by atoms with Gasteiger partial charge in [0, 0.05) is 22.5 Å². The molecule has 2 aromatic heterocycles. The molecule has 11 heteroatoms. The predicted molar refractivity (Wildman–Crippen MR) is 124 cm³/mol. The molecule has 4 aromatic rings. The monoisotopic (exact) mass is 490 g/mol. The Hall–Kier alpha value is -2.72. The number of fused-ring (bicyclic) bond motifs is 1. The maximum atomic E-state index is 12.7. The molecule has 0 unspecified atom stereocenters. The molecule has 0 atom stereocenters. The summed E-state index contributed by atoms with van der Waals surface area (Å²) in [5.41, 5.74) is 7.86. The molecule has 4 rings (SSSR count). The van der Waals surface area contributed by atoms with E-state index in [0.29, 0.717) is 41.3 Å². The number of rotatable bonds is 5. The molecule has 4 N–H and O–H groups in total. The maximum Gasteiger partial charge on any atom is 0.261 e. The molecule has 0 aliphatic rings. The van der Waals surface area contributed by atoms with Gasteiger partial charge in [-0.2, -0.15) is 10.6 Å². The Balaban J connectivity index is 1.62. The van der Waals surface area contributed by atoms with E-state index in [2.05, 4.69) is 15.3 Å². The van der Waals surface area contributed by atoms with E-state index >= 15 is 0 Å². The summed E-state index contributed by atoms with van der Waals surface area (Å²) in [5.74, 6) is -0.197. The highest BCUT2D eigenvalue weighted by Crippen LogP contribution is 2.36. The van der Waals surface area contributed by atoms with Gasteiger partial charge in [0.15, 0.2) is 0 Å². The lowest BCUT2D eigenvalue weighted by atomic mass is 10.1. The first-order valence-electron chi connectivity index (χ1n) is 8.84. The summed E-state index contributed by atoms with van der Waals surface area (Å²) in [4.78, 5) is 22.7. The Morgan fingerprint density at radius 3 is 2.55 bits per heavy atom. The number of aromatic nitrogens is 2. The number of carbonyl (C=O) groups excluding carboxylic acids is 1. The number of thiophene rings is 1. The molecule has 0 fully saturated rings. The first-order chi connectivity index (χ1) is 14.8. The number of hydrogen-bond acceptors (Lipinski definition) is 8. The third-order valence-corrected chi connectivity index (χ3v) is 6.69. The van der Waals surface area contributed by atoms with E-state index in [4.69, 9.17) is 33.7 Å². The van der Waals surface area contributed by atoms with E-state index in [1.54, 1.807) is 48.5 Å². The molecule has 1 amide bonds. The average Bonchev–Trinajstić information content (AvgIpc) is 3.16. The number of halogens is 2. The van der Waals surface area contributed by atoms with E-state index in [9.17, 15) is 9.00 Å². The van der Waals surface area contributed by atoms with Crippen LogP contribution in [0.1, 0.15) is 15.2 Å². The minimum absolute atomic E-state index is 0.0780. The minimum atomic E-state index is -1.79. The largest absolute Gasteiger partial charge is 0.440 e. The van der Waals surface area contributed by atoms with Crippen LogP contribution in [-0.4, -0.2) is 15.9 Å². The van der Waals surface area contributed by atoms with Crippen molar-refractivity contribution in [3.05, 3.63) is 69.0 Å². The molecule has 0 saturated heterocycles. The van der Waals surface area contributed by atoms with E-state index in [1.807, 2.05) is 0 Å². The van der Waals surface area contributed by atoms with E-state index in [1.165, 1.54) is 11.3 Å². The second-order valence-corrected chi connectivity index (χ2v) is 9.36. The molecule has 2 heterocycles. The van der Waals surface area contributed by atoms with Crippen molar-refractivity contribution in [3.63, 3.8) is 0 Å². The van der Waals surface area contributed by atoms with Gasteiger partial charge in [-0.1, -0.05) is 47.5 Å². The predicted octanol–water partition coefficient (Wildman–Crippen LogP) is 5.26. The van der Waals surface area contributed by atoms with Crippen LogP contribution in [0.2, 0.25) is 10.0 Å². The molecule has 2 aromatic carbocycles. The lowest BCUT2D eigenvalue weighted by Crippen LogP contribution is -2.21. The van der Waals surface area contributed by atoms with Crippen LogP contribution in [-0.2, 0) is 21.3 Å². The van der Waals surface area contributed by atoms with Crippen molar-refractivity contribution in [2.24, 2.45) is 0 Å². The molecular weight excluding hydrogens is 477 g/mol. The van der Waals surface area contributed by atoms with Crippen molar-refractivity contribution in [2.75, 3.05) is 5.73 Å². The highest BCUT2D eigenvalue weighted by atomic mass is 35.5. The Morgan fingerprint density at radius 1 is 1.13 bits per heavy atom. The summed E-state index contributed by atoms with van der Waals surface area (Å²) in [6.07, 6.45) is 0. The van der Waals surface area contributed by atoms with Crippen LogP contribution in [0.5, 0.6) is 0 Å². The summed E-state index contributed by atoms with van der Waals surface area (Å²) in [7, 11) is -1.79. The number of benzene rings is 2. The van der Waals surface area contributed by atoms with E-state index in [0.717, 1.165) is 5.56 Å². The lowest BCUT2D eigenvalue weighted by Gasteiger charge is -2.06. The molecule has 31 heavy (non-hydrogen) atoms. The van der Waals surface area contributed by atoms with Crippen LogP contribution < -0.4 is 11.1 Å². The molecule has 0 saturated carbocycles. The van der Waals surface area contributed by atoms with Gasteiger partial charge in [-0.05, 0) is 29.8 Å². The van der Waals surface area contributed by atoms with Gasteiger partial charge in [-0.25, -0.2) is 9.97 Å². The maximum absolute atomic E-state index is 12.7. The van der Waals surface area contributed by atoms with Crippen molar-refractivity contribution < 1.29 is 9.00 Å². The minimum Gasteiger partial charge on any atom is -0.440 e. The number of hydrogen-bond donors (Lipinski definition) is 3. The van der Waals surface area contributed by atoms with Gasteiger partial charge in [0.2, 0.25) is 5.95 Å². The van der Waals surface area contributed by atoms with Crippen molar-refractivity contribution in [1.29, 1.82) is 4.78 Å². The van der Waals surface area contributed by atoms with Crippen LogP contribution in [0, 0.1) is 4.78 Å². The van der Waals surface area contributed by atoms with Gasteiger partial charge in [0.25, 0.3) is 5.91 Å². The summed E-state index contributed by atoms with van der Waals surface area (Å²) >= 11 is 13.5. The third-order valence-electron chi connectivity index (χ3n) is 4.41. The topological polar surface area (TPSA) is 122 Å². The fraction of sp³-hybridized carbons (Fsp3) is 0.0500. The Morgan fingerprint density at radius 2 is 1.87 bits per heavy atom. The van der Waals surface area contributed by atoms with Crippen molar-refractivity contribution in [2.45, 2.75) is 11.4 Å². The molecule has 0 aliphatic heterocycles. The Kier molecular flexibility index (Phi) is 6.10. The second-order valence-electron chi connectivity index (χ2n) is 6.48. The number of amides is 1. The number of nitrogens with one attached hydrogen (secondary N) is 2. The van der Waals surface area contributed by atoms with Gasteiger partial charge < -0.3 is 20.0 Å². The van der Waals surface area contributed by atoms with Crippen LogP contribution in [0.4, 0.5) is 5.95 Å². The fourth-order valence-corrected chi connectivity index (χ4v) is 4.77. The average molecular weight is 491 g/mol. The first kappa shape index (κ1) is 21.5. The van der Waals surface area contributed by atoms with Crippen LogP contribution in [0.3, 0.4) is 0 Å². The zero-order valence-electron chi connectivity index (χ0n) is 15.7. The molecular formula is C20H14Cl2N5O2S2-. The molecule has 0 aliphatic carbocycles. The van der Waals surface area contributed by atoms with Crippen molar-refractivity contribution in [3.8, 4) is 11.3 Å². The normalized spacial score (nSPS) is 11.2. The van der Waals surface area contributed by atoms with Crippen molar-refractivity contribution >= 4 is 67.2 Å². The smallest absolute Gasteiger partial charge is 0.261 e. The van der Waals surface area contributed by atoms with E-state index in [-0.39, 0.29) is 18.4 Å². The second kappa shape index (κ2) is 8.80. The highest BCUT2D eigenvalue weighted by Gasteiger charge is 2.18. The molecule has 0 spiro atoms. The number of nitrogen functional groups attached to an aromatic ring is 1. The fourth-order valence-electron chi connectivity index (χ4n) is 2.94. The molecule has 0 bridgehead atoms. The van der Waals surface area contributed by atoms with Crippen LogP contribution in [0.15, 0.2) is 53.4 Å². The summed E-state index contributed by atoms with van der Waals surface area (Å²) in [6.45, 7) is 0.279. The summed E-state index contributed by atoms with van der Waals surface area (Å²) < 4.78 is 18.4. The zero-order chi connectivity index (χ0) is 22.1. The number of anilines is 1. The standard InChI is InChI=1S/C20H14Cl2N5O2S2/c21-11-3-6-13(15(22)7-11)17-14-8-16(30-19(14)27-20(23)26-17)18(28)25-9-10-1-4-12(5-2-10)31(24)29/h1-8,24H,9H2,(H,25,28)(H2,23,26,27)/q-1. The van der Waals surface area contributed by atoms with Gasteiger partial charge in [-0.3, -0.25) is 4.79 Å². The quantitative estimate of drug-likeness (QED) is 0.329. The summed E-state index contributed by atoms with van der Waals surface area (Å²) in [6, 6.07) is 13.4. The zero-order valence-corrected chi connectivity index (χ0v) is 18.8. The number of carbonyl (C=O) groups is 1. The Bertz CT molecular complexity index is 1380. The molecule has 7 nitrogen and oxygen atoms in total.